The number of nitro benzene ring substituents is 1. The molecule has 5 heteroatoms. The van der Waals surface area contributed by atoms with Gasteiger partial charge >= 0.3 is 0 Å². The van der Waals surface area contributed by atoms with Gasteiger partial charge in [0.25, 0.3) is 5.69 Å². The van der Waals surface area contributed by atoms with Gasteiger partial charge in [-0.25, -0.2) is 4.39 Å². The topological polar surface area (TPSA) is 69.2 Å². The van der Waals surface area contributed by atoms with Crippen LogP contribution in [0, 0.1) is 15.9 Å². The Labute approximate surface area is 92.4 Å². The summed E-state index contributed by atoms with van der Waals surface area (Å²) in [6.07, 6.45) is 2.41. The smallest absolute Gasteiger partial charge is 0.269 e. The molecule has 1 aliphatic carbocycles. The van der Waals surface area contributed by atoms with Gasteiger partial charge in [0.15, 0.2) is 0 Å². The van der Waals surface area contributed by atoms with E-state index in [1.54, 1.807) is 0 Å². The van der Waals surface area contributed by atoms with Crippen LogP contribution in [0.25, 0.3) is 0 Å². The Morgan fingerprint density at radius 2 is 2.19 bits per heavy atom. The van der Waals surface area contributed by atoms with Crippen molar-refractivity contribution in [1.82, 2.24) is 0 Å². The van der Waals surface area contributed by atoms with Crippen molar-refractivity contribution in [2.75, 3.05) is 6.54 Å². The number of non-ortho nitro benzene ring substituents is 1. The maximum Gasteiger partial charge on any atom is 0.269 e. The largest absolute Gasteiger partial charge is 0.330 e. The molecule has 0 amide bonds. The Bertz CT molecular complexity index is 430. The molecule has 0 unspecified atom stereocenters. The molecule has 0 atom stereocenters. The summed E-state index contributed by atoms with van der Waals surface area (Å²) in [6.45, 7) is 0.474. The fourth-order valence-electron chi connectivity index (χ4n) is 2.11. The first-order valence-electron chi connectivity index (χ1n) is 5.23. The lowest BCUT2D eigenvalue weighted by atomic mass is 9.91. The fraction of sp³-hybridized carbons (Fsp3) is 0.455. The lowest BCUT2D eigenvalue weighted by Gasteiger charge is -2.14. The lowest BCUT2D eigenvalue weighted by molar-refractivity contribution is -0.385. The molecule has 1 fully saturated rings. The Morgan fingerprint density at radius 1 is 1.50 bits per heavy atom. The van der Waals surface area contributed by atoms with Gasteiger partial charge in [-0.1, -0.05) is 0 Å². The predicted molar refractivity (Wildman–Crippen MR) is 57.6 cm³/mol. The molecular formula is C11H13FN2O2. The van der Waals surface area contributed by atoms with E-state index in [0.717, 1.165) is 12.8 Å². The predicted octanol–water partition coefficient (Wildman–Crippen LogP) is 2.11. The van der Waals surface area contributed by atoms with Gasteiger partial charge in [-0.15, -0.1) is 0 Å². The van der Waals surface area contributed by atoms with Gasteiger partial charge in [0.1, 0.15) is 5.82 Å². The third-order valence-electron chi connectivity index (χ3n) is 3.21. The number of hydrogen-bond donors (Lipinski definition) is 1. The van der Waals surface area contributed by atoms with Crippen LogP contribution in [0.2, 0.25) is 0 Å². The Hall–Kier alpha value is -1.49. The molecule has 1 aromatic rings. The lowest BCUT2D eigenvalue weighted by Crippen LogP contribution is -2.15. The van der Waals surface area contributed by atoms with Gasteiger partial charge in [-0.2, -0.15) is 0 Å². The first-order valence-corrected chi connectivity index (χ1v) is 5.23. The van der Waals surface area contributed by atoms with Crippen molar-refractivity contribution in [3.05, 3.63) is 39.7 Å². The van der Waals surface area contributed by atoms with Crippen molar-refractivity contribution in [2.24, 2.45) is 5.73 Å². The second-order valence-corrected chi connectivity index (χ2v) is 4.24. The summed E-state index contributed by atoms with van der Waals surface area (Å²) in [6, 6.07) is 3.71. The van der Waals surface area contributed by atoms with Gasteiger partial charge < -0.3 is 5.73 Å². The number of rotatable bonds is 4. The highest BCUT2D eigenvalue weighted by Gasteiger charge is 2.45. The number of benzene rings is 1. The Kier molecular flexibility index (Phi) is 2.63. The summed E-state index contributed by atoms with van der Waals surface area (Å²) in [5, 5.41) is 10.6. The van der Waals surface area contributed by atoms with Crippen LogP contribution in [0.1, 0.15) is 24.8 Å². The first kappa shape index (κ1) is 11.0. The molecule has 0 heterocycles. The van der Waals surface area contributed by atoms with Crippen LogP contribution < -0.4 is 5.73 Å². The molecule has 4 nitrogen and oxygen atoms in total. The van der Waals surface area contributed by atoms with Crippen LogP contribution in [0.15, 0.2) is 18.2 Å². The molecule has 0 spiro atoms. The molecule has 0 saturated heterocycles. The van der Waals surface area contributed by atoms with Crippen molar-refractivity contribution >= 4 is 5.69 Å². The molecular weight excluding hydrogens is 211 g/mol. The second kappa shape index (κ2) is 3.83. The van der Waals surface area contributed by atoms with Crippen molar-refractivity contribution in [1.29, 1.82) is 0 Å². The van der Waals surface area contributed by atoms with Gasteiger partial charge in [-0.3, -0.25) is 10.1 Å². The average Bonchev–Trinajstić information content (AvgIpc) is 2.99. The van der Waals surface area contributed by atoms with E-state index in [-0.39, 0.29) is 16.9 Å². The molecule has 0 radical (unpaired) electrons. The van der Waals surface area contributed by atoms with Crippen LogP contribution in [-0.2, 0) is 5.41 Å². The van der Waals surface area contributed by atoms with E-state index in [1.165, 1.54) is 18.2 Å². The van der Waals surface area contributed by atoms with Crippen LogP contribution in [0.4, 0.5) is 10.1 Å². The van der Waals surface area contributed by atoms with E-state index in [1.807, 2.05) is 0 Å². The van der Waals surface area contributed by atoms with E-state index in [2.05, 4.69) is 0 Å². The van der Waals surface area contributed by atoms with Gasteiger partial charge in [0.05, 0.1) is 4.92 Å². The maximum atomic E-state index is 13.6. The highest BCUT2D eigenvalue weighted by molar-refractivity contribution is 5.42. The molecule has 1 saturated carbocycles. The first-order chi connectivity index (χ1) is 7.59. The zero-order valence-corrected chi connectivity index (χ0v) is 8.78. The fourth-order valence-corrected chi connectivity index (χ4v) is 2.11. The zero-order valence-electron chi connectivity index (χ0n) is 8.78. The average molecular weight is 224 g/mol. The molecule has 16 heavy (non-hydrogen) atoms. The van der Waals surface area contributed by atoms with Crippen molar-refractivity contribution in [3.63, 3.8) is 0 Å². The summed E-state index contributed by atoms with van der Waals surface area (Å²) in [7, 11) is 0. The minimum atomic E-state index is -0.499. The maximum absolute atomic E-state index is 13.6. The minimum absolute atomic E-state index is 0.0558. The zero-order chi connectivity index (χ0) is 11.8. The molecule has 86 valence electrons. The van der Waals surface area contributed by atoms with Crippen molar-refractivity contribution in [2.45, 2.75) is 24.7 Å². The van der Waals surface area contributed by atoms with Crippen LogP contribution in [0.5, 0.6) is 0 Å². The van der Waals surface area contributed by atoms with Crippen LogP contribution in [0.3, 0.4) is 0 Å². The molecule has 1 aliphatic rings. The Morgan fingerprint density at radius 3 is 2.69 bits per heavy atom. The number of hydrogen-bond acceptors (Lipinski definition) is 3. The number of nitrogens with two attached hydrogens (primary N) is 1. The molecule has 2 rings (SSSR count). The molecule has 0 aromatic heterocycles. The van der Waals surface area contributed by atoms with E-state index in [9.17, 15) is 14.5 Å². The number of nitro groups is 1. The van der Waals surface area contributed by atoms with Gasteiger partial charge in [0, 0.05) is 17.7 Å². The van der Waals surface area contributed by atoms with Crippen LogP contribution >= 0.6 is 0 Å². The summed E-state index contributed by atoms with van der Waals surface area (Å²) in [5.41, 5.74) is 5.63. The summed E-state index contributed by atoms with van der Waals surface area (Å²) < 4.78 is 13.6. The van der Waals surface area contributed by atoms with Gasteiger partial charge in [0.2, 0.25) is 0 Å². The molecule has 2 N–H and O–H groups in total. The molecule has 0 bridgehead atoms. The second-order valence-electron chi connectivity index (χ2n) is 4.24. The van der Waals surface area contributed by atoms with Crippen molar-refractivity contribution in [3.8, 4) is 0 Å². The van der Waals surface area contributed by atoms with E-state index < -0.39 is 4.92 Å². The minimum Gasteiger partial charge on any atom is -0.330 e. The van der Waals surface area contributed by atoms with Gasteiger partial charge in [-0.05, 0) is 37.3 Å². The number of nitrogens with zero attached hydrogens (tertiary/aromatic N) is 1. The summed E-state index contributed by atoms with van der Waals surface area (Å²) >= 11 is 0. The van der Waals surface area contributed by atoms with Crippen LogP contribution in [-0.4, -0.2) is 11.5 Å². The van der Waals surface area contributed by atoms with E-state index >= 15 is 0 Å². The SMILES string of the molecule is NCCC1(c2cc([N+](=O)[O-])ccc2F)CC1. The quantitative estimate of drug-likeness (QED) is 0.629. The van der Waals surface area contributed by atoms with Crippen molar-refractivity contribution < 1.29 is 9.31 Å². The summed E-state index contributed by atoms with van der Waals surface area (Å²) in [5.74, 6) is -0.364. The molecule has 0 aliphatic heterocycles. The third-order valence-corrected chi connectivity index (χ3v) is 3.21. The summed E-state index contributed by atoms with van der Waals surface area (Å²) in [4.78, 5) is 10.1. The van der Waals surface area contributed by atoms with E-state index in [0.29, 0.717) is 18.5 Å². The normalized spacial score (nSPS) is 17.1. The number of halogens is 1. The molecule has 1 aromatic carbocycles. The monoisotopic (exact) mass is 224 g/mol. The highest BCUT2D eigenvalue weighted by atomic mass is 19.1. The Balaban J connectivity index is 2.40. The third kappa shape index (κ3) is 1.78. The highest BCUT2D eigenvalue weighted by Crippen LogP contribution is 2.52. The van der Waals surface area contributed by atoms with E-state index in [4.69, 9.17) is 5.73 Å². The standard InChI is InChI=1S/C11H13FN2O2/c12-10-2-1-8(14(15)16)7-9(10)11(3-4-11)5-6-13/h1-2,7H,3-6,13H2.